The minimum absolute atomic E-state index is 0.587. The van der Waals surface area contributed by atoms with Crippen molar-refractivity contribution in [2.75, 3.05) is 0 Å². The van der Waals surface area contributed by atoms with Crippen molar-refractivity contribution in [3.05, 3.63) is 65.7 Å². The Kier molecular flexibility index (Phi) is 10.3. The molecular weight excluding hydrogens is 450 g/mol. The molecule has 0 spiro atoms. The molecule has 0 N–H and O–H groups in total. The van der Waals surface area contributed by atoms with E-state index in [1.807, 2.05) is 0 Å². The second-order valence-corrected chi connectivity index (χ2v) is 11.1. The molecule has 0 heterocycles. The van der Waals surface area contributed by atoms with Crippen LogP contribution < -0.4 is 0 Å². The van der Waals surface area contributed by atoms with Gasteiger partial charge in [-0.2, -0.15) is 6.07 Å². The van der Waals surface area contributed by atoms with Gasteiger partial charge in [-0.25, -0.2) is 0 Å². The molecule has 0 atom stereocenters. The van der Waals surface area contributed by atoms with Crippen molar-refractivity contribution in [2.24, 2.45) is 0 Å². The van der Waals surface area contributed by atoms with Gasteiger partial charge in [0.1, 0.15) is 0 Å². The van der Waals surface area contributed by atoms with Gasteiger partial charge in [-0.15, -0.1) is 34.5 Å². The van der Waals surface area contributed by atoms with Crippen molar-refractivity contribution in [3.8, 4) is 11.1 Å². The van der Waals surface area contributed by atoms with E-state index in [1.54, 1.807) is 0 Å². The van der Waals surface area contributed by atoms with Crippen LogP contribution in [0.3, 0.4) is 0 Å². The van der Waals surface area contributed by atoms with Gasteiger partial charge in [-0.3, -0.25) is 0 Å². The Labute approximate surface area is 183 Å². The molecule has 27 heavy (non-hydrogen) atoms. The van der Waals surface area contributed by atoms with Gasteiger partial charge in [0.2, 0.25) is 0 Å². The Morgan fingerprint density at radius 1 is 0.963 bits per heavy atom. The van der Waals surface area contributed by atoms with Crippen molar-refractivity contribution in [1.82, 2.24) is 0 Å². The molecule has 0 unspecified atom stereocenters. The predicted octanol–water partition coefficient (Wildman–Crippen LogP) is 8.85. The van der Waals surface area contributed by atoms with Crippen LogP contribution in [0.15, 0.2) is 54.6 Å². The first-order chi connectivity index (χ1) is 13.1. The first kappa shape index (κ1) is 22.8. The molecule has 3 aromatic rings. The fourth-order valence-electron chi connectivity index (χ4n) is 3.50. The minimum atomic E-state index is -0.826. The summed E-state index contributed by atoms with van der Waals surface area (Å²) in [5.74, 6) is 0.587. The maximum atomic E-state index is 4.93. The van der Waals surface area contributed by atoms with E-state index >= 15 is 0 Å². The van der Waals surface area contributed by atoms with Crippen molar-refractivity contribution < 1.29 is 20.8 Å². The van der Waals surface area contributed by atoms with Gasteiger partial charge in [0.15, 0.2) is 0 Å². The summed E-state index contributed by atoms with van der Waals surface area (Å²) < 4.78 is 0. The summed E-state index contributed by atoms with van der Waals surface area (Å²) in [4.78, 5) is 0. The second-order valence-electron chi connectivity index (χ2n) is 7.33. The van der Waals surface area contributed by atoms with Gasteiger partial charge in [0.25, 0.3) is 0 Å². The molecule has 0 radical (unpaired) electrons. The third kappa shape index (κ3) is 6.81. The number of hydrogen-bond acceptors (Lipinski definition) is 0. The van der Waals surface area contributed by atoms with Gasteiger partial charge in [0, 0.05) is 0 Å². The predicted molar refractivity (Wildman–Crippen MR) is 119 cm³/mol. The molecule has 0 saturated heterocycles. The van der Waals surface area contributed by atoms with E-state index in [9.17, 15) is 0 Å². The van der Waals surface area contributed by atoms with E-state index < -0.39 is 20.8 Å². The summed E-state index contributed by atoms with van der Waals surface area (Å²) in [5, 5.41) is 2.78. The molecule has 0 aliphatic rings. The summed E-state index contributed by atoms with van der Waals surface area (Å²) in [6, 6.07) is 20.6. The van der Waals surface area contributed by atoms with Crippen LogP contribution in [0, 0.1) is 0 Å². The third-order valence-corrected chi connectivity index (χ3v) is 5.02. The number of benzene rings is 2. The average Bonchev–Trinajstić information content (AvgIpc) is 3.09. The molecule has 0 bridgehead atoms. The zero-order valence-electron chi connectivity index (χ0n) is 16.6. The van der Waals surface area contributed by atoms with Crippen LogP contribution >= 0.6 is 17.0 Å². The average molecular weight is 480 g/mol. The molecule has 0 nitrogen and oxygen atoms in total. The number of unbranched alkanes of at least 4 members (excludes halogenated alkanes) is 3. The van der Waals surface area contributed by atoms with Gasteiger partial charge in [0.05, 0.1) is 0 Å². The SMILES string of the molecule is CCCCCCc1cc2c(-c3ccc(C(C)C)cc3)cccc2[cH-]1.[Cl][Zr][Cl]. The van der Waals surface area contributed by atoms with Crippen LogP contribution in [0.5, 0.6) is 0 Å². The van der Waals surface area contributed by atoms with Gasteiger partial charge in [-0.05, 0) is 23.5 Å². The summed E-state index contributed by atoms with van der Waals surface area (Å²) in [6.45, 7) is 6.77. The molecule has 144 valence electrons. The molecule has 3 rings (SSSR count). The molecule has 0 amide bonds. The van der Waals surface area contributed by atoms with Gasteiger partial charge < -0.3 is 0 Å². The van der Waals surface area contributed by atoms with E-state index in [2.05, 4.69) is 75.4 Å². The summed E-state index contributed by atoms with van der Waals surface area (Å²) in [6.07, 6.45) is 6.53. The van der Waals surface area contributed by atoms with Crippen LogP contribution in [0.1, 0.15) is 63.5 Å². The Morgan fingerprint density at radius 3 is 2.30 bits per heavy atom. The van der Waals surface area contributed by atoms with Gasteiger partial charge in [-0.1, -0.05) is 82.3 Å². The van der Waals surface area contributed by atoms with E-state index in [0.29, 0.717) is 5.92 Å². The normalized spacial score (nSPS) is 10.7. The van der Waals surface area contributed by atoms with Crippen LogP contribution in [0.4, 0.5) is 0 Å². The quantitative estimate of drug-likeness (QED) is 0.234. The molecule has 0 aliphatic heterocycles. The molecular formula is C24H29Cl2Zr-. The summed E-state index contributed by atoms with van der Waals surface area (Å²) >= 11 is -0.826. The Morgan fingerprint density at radius 2 is 1.67 bits per heavy atom. The first-order valence-electron chi connectivity index (χ1n) is 9.85. The van der Waals surface area contributed by atoms with E-state index in [-0.39, 0.29) is 0 Å². The topological polar surface area (TPSA) is 0 Å². The first-order valence-corrected chi connectivity index (χ1v) is 16.2. The van der Waals surface area contributed by atoms with Crippen LogP contribution in [-0.2, 0) is 27.3 Å². The Hall–Kier alpha value is -0.487. The molecule has 0 aromatic heterocycles. The summed E-state index contributed by atoms with van der Waals surface area (Å²) in [5.41, 5.74) is 5.59. The van der Waals surface area contributed by atoms with E-state index in [4.69, 9.17) is 17.0 Å². The van der Waals surface area contributed by atoms with Gasteiger partial charge >= 0.3 is 37.9 Å². The summed E-state index contributed by atoms with van der Waals surface area (Å²) in [7, 11) is 9.87. The molecule has 0 fully saturated rings. The van der Waals surface area contributed by atoms with Crippen LogP contribution in [0.2, 0.25) is 0 Å². The monoisotopic (exact) mass is 477 g/mol. The van der Waals surface area contributed by atoms with Crippen molar-refractivity contribution in [3.63, 3.8) is 0 Å². The zero-order valence-corrected chi connectivity index (χ0v) is 20.5. The number of fused-ring (bicyclic) bond motifs is 1. The molecule has 0 aliphatic carbocycles. The maximum absolute atomic E-state index is 4.93. The Bertz CT molecular complexity index is 803. The third-order valence-electron chi connectivity index (χ3n) is 5.02. The van der Waals surface area contributed by atoms with Crippen molar-refractivity contribution in [1.29, 1.82) is 0 Å². The standard InChI is InChI=1S/C24H29.2ClH.Zr/c1-4-5-6-7-9-19-16-22-10-8-11-23(24(22)17-19)21-14-12-20(13-15-21)18(2)3;;;/h8,10-18H,4-7,9H2,1-3H3;2*1H;/q-1;;;+2/p-2. The molecule has 0 saturated carbocycles. The van der Waals surface area contributed by atoms with Crippen LogP contribution in [-0.4, -0.2) is 0 Å². The van der Waals surface area contributed by atoms with Crippen molar-refractivity contribution >= 4 is 27.8 Å². The van der Waals surface area contributed by atoms with E-state index in [0.717, 1.165) is 0 Å². The fraction of sp³-hybridized carbons (Fsp3) is 0.375. The zero-order chi connectivity index (χ0) is 19.6. The molecule has 3 aromatic carbocycles. The molecule has 3 heteroatoms. The number of halogens is 2. The number of rotatable bonds is 7. The van der Waals surface area contributed by atoms with Crippen LogP contribution in [0.25, 0.3) is 21.9 Å². The fourth-order valence-corrected chi connectivity index (χ4v) is 3.50. The van der Waals surface area contributed by atoms with E-state index in [1.165, 1.54) is 65.1 Å². The number of aryl methyl sites for hydroxylation is 1. The Balaban J connectivity index is 0.000000817. The number of hydrogen-bond donors (Lipinski definition) is 0. The second kappa shape index (κ2) is 12.2. The van der Waals surface area contributed by atoms with Crippen molar-refractivity contribution in [2.45, 2.75) is 58.8 Å².